The van der Waals surface area contributed by atoms with Crippen LogP contribution in [-0.4, -0.2) is 0 Å². The average molecular weight is 207 g/mol. The van der Waals surface area contributed by atoms with Gasteiger partial charge < -0.3 is 0 Å². The Bertz CT molecular complexity index is 470. The number of aryl methyl sites for hydroxylation is 1. The van der Waals surface area contributed by atoms with Gasteiger partial charge in [-0.1, -0.05) is 54.6 Å². The number of hydrogen-bond donors (Lipinski definition) is 0. The molecule has 0 aromatic heterocycles. The Balaban J connectivity index is 1.89. The first kappa shape index (κ1) is 9.65. The molecule has 3 rings (SSSR count). The molecule has 0 heterocycles. The third-order valence-electron chi connectivity index (χ3n) is 3.40. The summed E-state index contributed by atoms with van der Waals surface area (Å²) in [6, 6.07) is 19.6. The topological polar surface area (TPSA) is 0 Å². The fourth-order valence-electron chi connectivity index (χ4n) is 2.50. The van der Waals surface area contributed by atoms with Gasteiger partial charge in [-0.15, -0.1) is 0 Å². The Morgan fingerprint density at radius 2 is 1.31 bits per heavy atom. The first-order chi connectivity index (χ1) is 7.93. The summed E-state index contributed by atoms with van der Waals surface area (Å²) < 4.78 is 0. The van der Waals surface area contributed by atoms with Gasteiger partial charge in [0.2, 0.25) is 0 Å². The van der Waals surface area contributed by atoms with Crippen LogP contribution in [0.5, 0.6) is 0 Å². The maximum atomic E-state index is 2.26. The van der Waals surface area contributed by atoms with E-state index in [0.717, 1.165) is 6.42 Å². The van der Waals surface area contributed by atoms with E-state index in [0.29, 0.717) is 0 Å². The van der Waals surface area contributed by atoms with Crippen molar-refractivity contribution in [1.82, 2.24) is 0 Å². The average Bonchev–Trinajstić information content (AvgIpc) is 2.39. The molecule has 0 nitrogen and oxygen atoms in total. The molecule has 1 aliphatic rings. The highest BCUT2D eigenvalue weighted by molar-refractivity contribution is 5.41. The zero-order valence-corrected chi connectivity index (χ0v) is 9.32. The zero-order valence-electron chi connectivity index (χ0n) is 9.32. The van der Waals surface area contributed by atoms with Crippen molar-refractivity contribution in [3.8, 4) is 0 Å². The lowest BCUT2D eigenvalue weighted by atomic mass is 9.80. The molecular weight excluding hydrogens is 192 g/mol. The molecule has 0 unspecified atom stereocenters. The summed E-state index contributed by atoms with van der Waals surface area (Å²) in [7, 11) is 0. The van der Waals surface area contributed by atoms with Gasteiger partial charge in [0.1, 0.15) is 0 Å². The molecule has 16 heavy (non-hydrogen) atoms. The van der Waals surface area contributed by atoms with Gasteiger partial charge in [0, 0.05) is 5.92 Å². The molecule has 0 saturated carbocycles. The fraction of sp³-hybridized carbons (Fsp3) is 0.188. The third-order valence-corrected chi connectivity index (χ3v) is 3.40. The normalized spacial score (nSPS) is 15.8. The van der Waals surface area contributed by atoms with Gasteiger partial charge >= 0.3 is 0 Å². The summed E-state index contributed by atoms with van der Waals surface area (Å²) in [6.45, 7) is 0. The van der Waals surface area contributed by atoms with E-state index in [9.17, 15) is 0 Å². The van der Waals surface area contributed by atoms with Gasteiger partial charge in [0.05, 0.1) is 0 Å². The minimum absolute atomic E-state index is 1.13. The second-order valence-electron chi connectivity index (χ2n) is 4.42. The lowest BCUT2D eigenvalue weighted by Crippen LogP contribution is -2.13. The molecule has 0 spiro atoms. The second kappa shape index (κ2) is 4.13. The molecule has 0 aliphatic heterocycles. The summed E-state index contributed by atoms with van der Waals surface area (Å²) in [6.07, 6.45) is 3.53. The van der Waals surface area contributed by atoms with Crippen LogP contribution >= 0.6 is 0 Å². The highest BCUT2D eigenvalue weighted by Crippen LogP contribution is 2.31. The van der Waals surface area contributed by atoms with Crippen LogP contribution in [0.15, 0.2) is 54.6 Å². The Morgan fingerprint density at radius 3 is 2.12 bits per heavy atom. The molecule has 0 saturated heterocycles. The number of rotatable bonds is 1. The SMILES string of the molecule is c1ccc([C]2CCc3ccccc3C2)cc1. The van der Waals surface area contributed by atoms with Crippen molar-refractivity contribution in [2.45, 2.75) is 19.3 Å². The molecule has 0 amide bonds. The van der Waals surface area contributed by atoms with Crippen molar-refractivity contribution >= 4 is 0 Å². The van der Waals surface area contributed by atoms with Crippen LogP contribution < -0.4 is 0 Å². The maximum Gasteiger partial charge on any atom is 0.00966 e. The minimum Gasteiger partial charge on any atom is -0.0622 e. The molecule has 0 fully saturated rings. The first-order valence-corrected chi connectivity index (χ1v) is 5.90. The predicted molar refractivity (Wildman–Crippen MR) is 67.3 cm³/mol. The summed E-state index contributed by atoms with van der Waals surface area (Å²) >= 11 is 0. The van der Waals surface area contributed by atoms with E-state index in [4.69, 9.17) is 0 Å². The monoisotopic (exact) mass is 207 g/mol. The van der Waals surface area contributed by atoms with Crippen molar-refractivity contribution in [2.75, 3.05) is 0 Å². The van der Waals surface area contributed by atoms with E-state index in [1.165, 1.54) is 29.5 Å². The summed E-state index contributed by atoms with van der Waals surface area (Å²) in [5, 5.41) is 0. The van der Waals surface area contributed by atoms with E-state index in [-0.39, 0.29) is 0 Å². The largest absolute Gasteiger partial charge is 0.0622 e. The van der Waals surface area contributed by atoms with Crippen molar-refractivity contribution in [2.24, 2.45) is 0 Å². The standard InChI is InChI=1S/C16H15/c1-2-6-13(7-3-1)16-11-10-14-8-4-5-9-15(14)12-16/h1-9H,10-12H2. The van der Waals surface area contributed by atoms with Crippen LogP contribution in [0.2, 0.25) is 0 Å². The molecule has 1 aliphatic carbocycles. The third kappa shape index (κ3) is 1.76. The Kier molecular flexibility index (Phi) is 2.49. The number of fused-ring (bicyclic) bond motifs is 1. The van der Waals surface area contributed by atoms with Crippen LogP contribution in [0, 0.1) is 5.92 Å². The minimum atomic E-state index is 1.13. The van der Waals surface area contributed by atoms with Gasteiger partial charge in [-0.2, -0.15) is 0 Å². The lowest BCUT2D eigenvalue weighted by Gasteiger charge is -2.24. The van der Waals surface area contributed by atoms with Crippen LogP contribution in [0.3, 0.4) is 0 Å². The molecular formula is C16H15. The van der Waals surface area contributed by atoms with Gasteiger partial charge in [-0.3, -0.25) is 0 Å². The van der Waals surface area contributed by atoms with Crippen molar-refractivity contribution in [3.05, 3.63) is 77.2 Å². The molecule has 0 bridgehead atoms. The van der Waals surface area contributed by atoms with Gasteiger partial charge in [-0.05, 0) is 36.0 Å². The van der Waals surface area contributed by atoms with Gasteiger partial charge in [0.25, 0.3) is 0 Å². The first-order valence-electron chi connectivity index (χ1n) is 5.90. The molecule has 79 valence electrons. The van der Waals surface area contributed by atoms with Crippen LogP contribution in [0.1, 0.15) is 23.1 Å². The molecule has 0 heteroatoms. The summed E-state index contributed by atoms with van der Waals surface area (Å²) in [4.78, 5) is 0. The van der Waals surface area contributed by atoms with Crippen molar-refractivity contribution < 1.29 is 0 Å². The predicted octanol–water partition coefficient (Wildman–Crippen LogP) is 3.80. The van der Waals surface area contributed by atoms with Crippen molar-refractivity contribution in [1.29, 1.82) is 0 Å². The van der Waals surface area contributed by atoms with E-state index >= 15 is 0 Å². The van der Waals surface area contributed by atoms with E-state index in [1.807, 2.05) is 0 Å². The molecule has 1 radical (unpaired) electrons. The highest BCUT2D eigenvalue weighted by Gasteiger charge is 2.19. The smallest absolute Gasteiger partial charge is 0.00966 e. The maximum absolute atomic E-state index is 2.26. The van der Waals surface area contributed by atoms with E-state index in [2.05, 4.69) is 54.6 Å². The highest BCUT2D eigenvalue weighted by atomic mass is 14.2. The zero-order chi connectivity index (χ0) is 10.8. The van der Waals surface area contributed by atoms with Gasteiger partial charge in [0.15, 0.2) is 0 Å². The van der Waals surface area contributed by atoms with E-state index < -0.39 is 0 Å². The van der Waals surface area contributed by atoms with E-state index in [1.54, 1.807) is 5.92 Å². The Labute approximate surface area is 96.9 Å². The Morgan fingerprint density at radius 1 is 0.625 bits per heavy atom. The lowest BCUT2D eigenvalue weighted by molar-refractivity contribution is 0.751. The summed E-state index contributed by atoms with van der Waals surface area (Å²) in [5.74, 6) is 1.58. The summed E-state index contributed by atoms with van der Waals surface area (Å²) in [5.41, 5.74) is 4.45. The number of hydrogen-bond acceptors (Lipinski definition) is 0. The van der Waals surface area contributed by atoms with Crippen LogP contribution in [0.25, 0.3) is 0 Å². The molecule has 0 N–H and O–H groups in total. The quantitative estimate of drug-likeness (QED) is 0.667. The molecule has 0 atom stereocenters. The Hall–Kier alpha value is -1.56. The molecule has 2 aromatic carbocycles. The van der Waals surface area contributed by atoms with Crippen LogP contribution in [0.4, 0.5) is 0 Å². The fourth-order valence-corrected chi connectivity index (χ4v) is 2.50. The van der Waals surface area contributed by atoms with Crippen molar-refractivity contribution in [3.63, 3.8) is 0 Å². The van der Waals surface area contributed by atoms with Crippen LogP contribution in [-0.2, 0) is 12.8 Å². The molecule has 2 aromatic rings. The second-order valence-corrected chi connectivity index (χ2v) is 4.42. The van der Waals surface area contributed by atoms with Gasteiger partial charge in [-0.25, -0.2) is 0 Å². The number of benzene rings is 2.